The summed E-state index contributed by atoms with van der Waals surface area (Å²) in [5, 5.41) is 0. The number of carbonyl (C=O) groups is 1. The minimum Gasteiger partial charge on any atom is -0.379 e. The highest BCUT2D eigenvalue weighted by atomic mass is 16.5. The highest BCUT2D eigenvalue weighted by Crippen LogP contribution is 2.31. The molecule has 2 aromatic rings. The maximum atomic E-state index is 13.2. The van der Waals surface area contributed by atoms with Crippen LogP contribution in [-0.4, -0.2) is 82.8 Å². The van der Waals surface area contributed by atoms with Crippen LogP contribution < -0.4 is 0 Å². The average molecular weight is 383 g/mol. The van der Waals surface area contributed by atoms with Crippen molar-refractivity contribution in [3.8, 4) is 0 Å². The van der Waals surface area contributed by atoms with Gasteiger partial charge < -0.3 is 14.4 Å². The van der Waals surface area contributed by atoms with Gasteiger partial charge in [-0.1, -0.05) is 6.07 Å². The highest BCUT2D eigenvalue weighted by molar-refractivity contribution is 5.92. The smallest absolute Gasteiger partial charge is 0.274 e. The highest BCUT2D eigenvalue weighted by Gasteiger charge is 2.38. The van der Waals surface area contributed by atoms with Crippen LogP contribution >= 0.6 is 0 Å². The van der Waals surface area contributed by atoms with Gasteiger partial charge in [-0.3, -0.25) is 19.7 Å². The number of nitrogens with zero attached hydrogens (tertiary/aromatic N) is 5. The van der Waals surface area contributed by atoms with E-state index < -0.39 is 0 Å². The number of rotatable bonds is 4. The SMILES string of the molecule is Cc1cnc(C(=O)N2CCO[C@@H](CN3CCOCC3)[C@@H]2c2cccnc2)cn1. The second-order valence-electron chi connectivity index (χ2n) is 7.09. The molecule has 8 nitrogen and oxygen atoms in total. The number of hydrogen-bond donors (Lipinski definition) is 0. The molecule has 0 saturated carbocycles. The Kier molecular flexibility index (Phi) is 5.90. The standard InChI is InChI=1S/C20H25N5O3/c1-15-11-23-17(13-22-15)20(26)25-7-10-28-18(14-24-5-8-27-9-6-24)19(25)16-3-2-4-21-12-16/h2-4,11-13,18-19H,5-10,14H2,1H3/t18-,19-/m0/s1. The first-order valence-electron chi connectivity index (χ1n) is 9.63. The van der Waals surface area contributed by atoms with Gasteiger partial charge in [0.05, 0.1) is 43.9 Å². The number of aryl methyl sites for hydroxylation is 1. The lowest BCUT2D eigenvalue weighted by molar-refractivity contribution is -0.0820. The maximum Gasteiger partial charge on any atom is 0.274 e. The Labute approximate surface area is 164 Å². The van der Waals surface area contributed by atoms with Crippen LogP contribution in [0.5, 0.6) is 0 Å². The van der Waals surface area contributed by atoms with E-state index in [4.69, 9.17) is 9.47 Å². The monoisotopic (exact) mass is 383 g/mol. The molecule has 4 heterocycles. The van der Waals surface area contributed by atoms with Gasteiger partial charge in [-0.05, 0) is 18.6 Å². The van der Waals surface area contributed by atoms with Gasteiger partial charge in [0, 0.05) is 44.8 Å². The number of carbonyl (C=O) groups excluding carboxylic acids is 1. The Bertz CT molecular complexity index is 780. The van der Waals surface area contributed by atoms with Crippen molar-refractivity contribution in [3.05, 3.63) is 53.9 Å². The first kappa shape index (κ1) is 18.9. The second-order valence-corrected chi connectivity index (χ2v) is 7.09. The molecule has 2 aromatic heterocycles. The van der Waals surface area contributed by atoms with E-state index in [-0.39, 0.29) is 18.1 Å². The van der Waals surface area contributed by atoms with Crippen molar-refractivity contribution in [2.45, 2.75) is 19.1 Å². The summed E-state index contributed by atoms with van der Waals surface area (Å²) in [5.41, 5.74) is 2.10. The number of morpholine rings is 2. The first-order valence-corrected chi connectivity index (χ1v) is 9.63. The molecule has 148 valence electrons. The molecule has 2 fully saturated rings. The fourth-order valence-corrected chi connectivity index (χ4v) is 3.75. The number of amides is 1. The quantitative estimate of drug-likeness (QED) is 0.782. The molecule has 0 N–H and O–H groups in total. The van der Waals surface area contributed by atoms with Crippen molar-refractivity contribution in [3.63, 3.8) is 0 Å². The summed E-state index contributed by atoms with van der Waals surface area (Å²) in [6.07, 6.45) is 6.58. The summed E-state index contributed by atoms with van der Waals surface area (Å²) in [5.74, 6) is -0.128. The number of hydrogen-bond acceptors (Lipinski definition) is 7. The predicted molar refractivity (Wildman–Crippen MR) is 102 cm³/mol. The number of pyridine rings is 1. The Hall–Kier alpha value is -2.42. The third-order valence-electron chi connectivity index (χ3n) is 5.18. The first-order chi connectivity index (χ1) is 13.7. The van der Waals surface area contributed by atoms with Gasteiger partial charge in [-0.15, -0.1) is 0 Å². The van der Waals surface area contributed by atoms with E-state index in [1.165, 1.54) is 0 Å². The minimum atomic E-state index is -0.221. The average Bonchev–Trinajstić information content (AvgIpc) is 2.75. The van der Waals surface area contributed by atoms with Crippen LogP contribution in [0.15, 0.2) is 36.9 Å². The molecular formula is C20H25N5O3. The molecule has 2 aliphatic rings. The molecule has 2 saturated heterocycles. The zero-order valence-electron chi connectivity index (χ0n) is 16.0. The molecule has 2 aliphatic heterocycles. The van der Waals surface area contributed by atoms with E-state index in [1.807, 2.05) is 30.2 Å². The summed E-state index contributed by atoms with van der Waals surface area (Å²) >= 11 is 0. The lowest BCUT2D eigenvalue weighted by Gasteiger charge is -2.43. The summed E-state index contributed by atoms with van der Waals surface area (Å²) in [6, 6.07) is 3.67. The van der Waals surface area contributed by atoms with Crippen LogP contribution in [0.25, 0.3) is 0 Å². The molecule has 1 amide bonds. The van der Waals surface area contributed by atoms with Crippen LogP contribution in [0.2, 0.25) is 0 Å². The number of ether oxygens (including phenoxy) is 2. The van der Waals surface area contributed by atoms with E-state index in [2.05, 4.69) is 19.9 Å². The largest absolute Gasteiger partial charge is 0.379 e. The van der Waals surface area contributed by atoms with Crippen molar-refractivity contribution in [2.75, 3.05) is 46.0 Å². The summed E-state index contributed by atoms with van der Waals surface area (Å²) in [7, 11) is 0. The molecule has 28 heavy (non-hydrogen) atoms. The second kappa shape index (κ2) is 8.72. The number of aromatic nitrogens is 3. The lowest BCUT2D eigenvalue weighted by atomic mass is 9.98. The van der Waals surface area contributed by atoms with Gasteiger partial charge in [0.1, 0.15) is 5.69 Å². The van der Waals surface area contributed by atoms with Gasteiger partial charge in [-0.25, -0.2) is 4.98 Å². The molecule has 0 unspecified atom stereocenters. The van der Waals surface area contributed by atoms with Crippen LogP contribution in [0.1, 0.15) is 27.8 Å². The normalized spacial score (nSPS) is 23.5. The molecule has 0 spiro atoms. The van der Waals surface area contributed by atoms with E-state index in [9.17, 15) is 4.79 Å². The maximum absolute atomic E-state index is 13.2. The topological polar surface area (TPSA) is 80.7 Å². The van der Waals surface area contributed by atoms with Crippen molar-refractivity contribution in [1.82, 2.24) is 24.8 Å². The summed E-state index contributed by atoms with van der Waals surface area (Å²) in [4.78, 5) is 30.2. The molecule has 8 heteroatoms. The van der Waals surface area contributed by atoms with Crippen molar-refractivity contribution >= 4 is 5.91 Å². The minimum absolute atomic E-state index is 0.128. The molecule has 0 radical (unpaired) electrons. The van der Waals surface area contributed by atoms with E-state index >= 15 is 0 Å². The fourth-order valence-electron chi connectivity index (χ4n) is 3.75. The zero-order valence-corrected chi connectivity index (χ0v) is 16.0. The molecule has 0 aliphatic carbocycles. The lowest BCUT2D eigenvalue weighted by Crippen LogP contribution is -2.53. The van der Waals surface area contributed by atoms with Crippen molar-refractivity contribution in [2.24, 2.45) is 0 Å². The Balaban J connectivity index is 1.61. The van der Waals surface area contributed by atoms with Crippen LogP contribution in [0.4, 0.5) is 0 Å². The van der Waals surface area contributed by atoms with Gasteiger partial charge in [-0.2, -0.15) is 0 Å². The van der Waals surface area contributed by atoms with Gasteiger partial charge in [0.25, 0.3) is 5.91 Å². The van der Waals surface area contributed by atoms with Crippen molar-refractivity contribution < 1.29 is 14.3 Å². The van der Waals surface area contributed by atoms with E-state index in [1.54, 1.807) is 18.6 Å². The third kappa shape index (κ3) is 4.19. The summed E-state index contributed by atoms with van der Waals surface area (Å²) in [6.45, 7) is 6.80. The Morgan fingerprint density at radius 1 is 1.14 bits per heavy atom. The van der Waals surface area contributed by atoms with E-state index in [0.29, 0.717) is 18.8 Å². The molecular weight excluding hydrogens is 358 g/mol. The van der Waals surface area contributed by atoms with Crippen LogP contribution in [0, 0.1) is 6.92 Å². The Morgan fingerprint density at radius 2 is 2.00 bits per heavy atom. The molecule has 0 aromatic carbocycles. The van der Waals surface area contributed by atoms with Crippen molar-refractivity contribution in [1.29, 1.82) is 0 Å². The summed E-state index contributed by atoms with van der Waals surface area (Å²) < 4.78 is 11.6. The van der Waals surface area contributed by atoms with Crippen LogP contribution in [-0.2, 0) is 9.47 Å². The van der Waals surface area contributed by atoms with Gasteiger partial charge >= 0.3 is 0 Å². The van der Waals surface area contributed by atoms with Gasteiger partial charge in [0.2, 0.25) is 0 Å². The van der Waals surface area contributed by atoms with Crippen LogP contribution in [0.3, 0.4) is 0 Å². The third-order valence-corrected chi connectivity index (χ3v) is 5.18. The fraction of sp³-hybridized carbons (Fsp3) is 0.500. The predicted octanol–water partition coefficient (Wildman–Crippen LogP) is 1.09. The van der Waals surface area contributed by atoms with Gasteiger partial charge in [0.15, 0.2) is 0 Å². The van der Waals surface area contributed by atoms with E-state index in [0.717, 1.165) is 44.1 Å². The molecule has 2 atom stereocenters. The molecule has 0 bridgehead atoms. The zero-order chi connectivity index (χ0) is 19.3. The Morgan fingerprint density at radius 3 is 2.71 bits per heavy atom. The molecule has 4 rings (SSSR count).